The minimum atomic E-state index is 0.227. The summed E-state index contributed by atoms with van der Waals surface area (Å²) in [6.45, 7) is 5.06. The summed E-state index contributed by atoms with van der Waals surface area (Å²) in [5, 5.41) is 6.48. The van der Waals surface area contributed by atoms with Gasteiger partial charge in [-0.05, 0) is 52.5 Å². The highest BCUT2D eigenvalue weighted by molar-refractivity contribution is 9.10. The molecule has 2 aromatic heterocycles. The standard InChI is InChI=1S/C14H16BrClN2S/c1-3-17-12(14-13(16)9(2)8-19-14)6-11-5-4-10(15)7-18-11/h4-5,7-8,12,17H,3,6H2,1-2H3. The third-order valence-electron chi connectivity index (χ3n) is 2.89. The molecule has 0 amide bonds. The number of hydrogen-bond donors (Lipinski definition) is 1. The Morgan fingerprint density at radius 1 is 1.47 bits per heavy atom. The van der Waals surface area contributed by atoms with Crippen LogP contribution in [0.3, 0.4) is 0 Å². The smallest absolute Gasteiger partial charge is 0.0590 e. The number of nitrogens with zero attached hydrogens (tertiary/aromatic N) is 1. The van der Waals surface area contributed by atoms with Crippen LogP contribution in [0.15, 0.2) is 28.2 Å². The molecule has 1 N–H and O–H groups in total. The van der Waals surface area contributed by atoms with Crippen molar-refractivity contribution in [1.29, 1.82) is 0 Å². The second kappa shape index (κ2) is 6.84. The van der Waals surface area contributed by atoms with Gasteiger partial charge in [-0.25, -0.2) is 0 Å². The van der Waals surface area contributed by atoms with E-state index in [2.05, 4.69) is 38.5 Å². The van der Waals surface area contributed by atoms with Crippen molar-refractivity contribution in [3.63, 3.8) is 0 Å². The molecule has 2 heterocycles. The van der Waals surface area contributed by atoms with Gasteiger partial charge in [-0.15, -0.1) is 11.3 Å². The topological polar surface area (TPSA) is 24.9 Å². The number of halogens is 2. The van der Waals surface area contributed by atoms with Crippen molar-refractivity contribution >= 4 is 38.9 Å². The van der Waals surface area contributed by atoms with Crippen LogP contribution in [0.4, 0.5) is 0 Å². The van der Waals surface area contributed by atoms with E-state index < -0.39 is 0 Å². The van der Waals surface area contributed by atoms with Gasteiger partial charge in [0.25, 0.3) is 0 Å². The lowest BCUT2D eigenvalue weighted by molar-refractivity contribution is 0.552. The maximum absolute atomic E-state index is 6.37. The first-order valence-electron chi connectivity index (χ1n) is 6.19. The van der Waals surface area contributed by atoms with Gasteiger partial charge in [0.15, 0.2) is 0 Å². The van der Waals surface area contributed by atoms with Crippen molar-refractivity contribution in [1.82, 2.24) is 10.3 Å². The molecule has 102 valence electrons. The van der Waals surface area contributed by atoms with Gasteiger partial charge in [-0.1, -0.05) is 18.5 Å². The van der Waals surface area contributed by atoms with Crippen LogP contribution in [0.1, 0.15) is 29.1 Å². The van der Waals surface area contributed by atoms with Gasteiger partial charge in [-0.3, -0.25) is 4.98 Å². The molecule has 0 saturated carbocycles. The molecule has 19 heavy (non-hydrogen) atoms. The highest BCUT2D eigenvalue weighted by atomic mass is 79.9. The van der Waals surface area contributed by atoms with Crippen molar-refractivity contribution in [2.75, 3.05) is 6.54 Å². The Bertz CT molecular complexity index is 539. The summed E-state index contributed by atoms with van der Waals surface area (Å²) in [7, 11) is 0. The zero-order valence-corrected chi connectivity index (χ0v) is 14.1. The Morgan fingerprint density at radius 3 is 2.79 bits per heavy atom. The quantitative estimate of drug-likeness (QED) is 0.832. The van der Waals surface area contributed by atoms with Crippen LogP contribution in [0.5, 0.6) is 0 Å². The molecule has 2 rings (SSSR count). The molecule has 0 bridgehead atoms. The van der Waals surface area contributed by atoms with Gasteiger partial charge in [-0.2, -0.15) is 0 Å². The third-order valence-corrected chi connectivity index (χ3v) is 5.19. The van der Waals surface area contributed by atoms with Gasteiger partial charge >= 0.3 is 0 Å². The Labute approximate surface area is 131 Å². The van der Waals surface area contributed by atoms with Gasteiger partial charge in [0.2, 0.25) is 0 Å². The first kappa shape index (κ1) is 15.0. The average Bonchev–Trinajstić information content (AvgIpc) is 2.72. The summed E-state index contributed by atoms with van der Waals surface area (Å²) in [5.74, 6) is 0. The van der Waals surface area contributed by atoms with E-state index in [0.717, 1.165) is 33.7 Å². The van der Waals surface area contributed by atoms with E-state index in [1.165, 1.54) is 4.88 Å². The number of pyridine rings is 1. The number of aryl methyl sites for hydroxylation is 1. The molecule has 1 unspecified atom stereocenters. The summed E-state index contributed by atoms with van der Waals surface area (Å²) < 4.78 is 1.00. The molecule has 0 aliphatic carbocycles. The lowest BCUT2D eigenvalue weighted by Gasteiger charge is -2.17. The van der Waals surface area contributed by atoms with Crippen LogP contribution < -0.4 is 5.32 Å². The van der Waals surface area contributed by atoms with E-state index in [1.54, 1.807) is 11.3 Å². The fourth-order valence-electron chi connectivity index (χ4n) is 1.93. The summed E-state index contributed by atoms with van der Waals surface area (Å²) in [6, 6.07) is 4.29. The van der Waals surface area contributed by atoms with Crippen LogP contribution in [0, 0.1) is 6.92 Å². The van der Waals surface area contributed by atoms with E-state index >= 15 is 0 Å². The Hall–Kier alpha value is -0.420. The third kappa shape index (κ3) is 3.78. The fraction of sp³-hybridized carbons (Fsp3) is 0.357. The number of hydrogen-bond acceptors (Lipinski definition) is 3. The molecule has 0 spiro atoms. The van der Waals surface area contributed by atoms with Crippen LogP contribution >= 0.6 is 38.9 Å². The van der Waals surface area contributed by atoms with E-state index in [-0.39, 0.29) is 6.04 Å². The highest BCUT2D eigenvalue weighted by Gasteiger charge is 2.18. The number of likely N-dealkylation sites (N-methyl/N-ethyl adjacent to an activating group) is 1. The number of aromatic nitrogens is 1. The number of thiophene rings is 1. The largest absolute Gasteiger partial charge is 0.309 e. The van der Waals surface area contributed by atoms with Crippen LogP contribution in [0.2, 0.25) is 5.02 Å². The molecule has 0 fully saturated rings. The summed E-state index contributed by atoms with van der Waals surface area (Å²) >= 11 is 11.5. The maximum atomic E-state index is 6.37. The summed E-state index contributed by atoms with van der Waals surface area (Å²) in [5.41, 5.74) is 2.21. The molecular formula is C14H16BrClN2S. The van der Waals surface area contributed by atoms with Crippen LogP contribution in [-0.4, -0.2) is 11.5 Å². The minimum absolute atomic E-state index is 0.227. The Kier molecular flexibility index (Phi) is 5.39. The molecule has 2 aromatic rings. The first-order chi connectivity index (χ1) is 9.11. The van der Waals surface area contributed by atoms with E-state index in [0.29, 0.717) is 0 Å². The molecule has 1 atom stereocenters. The van der Waals surface area contributed by atoms with Gasteiger partial charge < -0.3 is 5.32 Å². The highest BCUT2D eigenvalue weighted by Crippen LogP contribution is 2.33. The number of rotatable bonds is 5. The molecule has 0 radical (unpaired) electrons. The predicted octanol–water partition coefficient (Wildman–Crippen LogP) is 4.76. The van der Waals surface area contributed by atoms with Crippen molar-refractivity contribution in [3.05, 3.63) is 49.3 Å². The normalized spacial score (nSPS) is 12.6. The van der Waals surface area contributed by atoms with Crippen LogP contribution in [0.25, 0.3) is 0 Å². The van der Waals surface area contributed by atoms with Crippen molar-refractivity contribution in [2.45, 2.75) is 26.3 Å². The Balaban J connectivity index is 2.21. The molecule has 2 nitrogen and oxygen atoms in total. The molecule has 0 aromatic carbocycles. The molecule has 0 aliphatic heterocycles. The van der Waals surface area contributed by atoms with Crippen molar-refractivity contribution < 1.29 is 0 Å². The average molecular weight is 360 g/mol. The second-order valence-electron chi connectivity index (χ2n) is 4.38. The SMILES string of the molecule is CCNC(Cc1ccc(Br)cn1)c1scc(C)c1Cl. The molecular weight excluding hydrogens is 344 g/mol. The second-order valence-corrected chi connectivity index (χ2v) is 6.58. The lowest BCUT2D eigenvalue weighted by atomic mass is 10.1. The van der Waals surface area contributed by atoms with Crippen molar-refractivity contribution in [2.24, 2.45) is 0 Å². The molecule has 0 saturated heterocycles. The zero-order chi connectivity index (χ0) is 13.8. The summed E-state index contributed by atoms with van der Waals surface area (Å²) in [6.07, 6.45) is 2.68. The zero-order valence-electron chi connectivity index (χ0n) is 10.9. The minimum Gasteiger partial charge on any atom is -0.309 e. The van der Waals surface area contributed by atoms with E-state index in [1.807, 2.05) is 25.3 Å². The monoisotopic (exact) mass is 358 g/mol. The van der Waals surface area contributed by atoms with Gasteiger partial charge in [0, 0.05) is 33.7 Å². The summed E-state index contributed by atoms with van der Waals surface area (Å²) in [4.78, 5) is 5.64. The maximum Gasteiger partial charge on any atom is 0.0590 e. The van der Waals surface area contributed by atoms with Gasteiger partial charge in [0.1, 0.15) is 0 Å². The molecule has 5 heteroatoms. The van der Waals surface area contributed by atoms with Crippen molar-refractivity contribution in [3.8, 4) is 0 Å². The van der Waals surface area contributed by atoms with Gasteiger partial charge in [0.05, 0.1) is 5.02 Å². The Morgan fingerprint density at radius 2 is 2.26 bits per heavy atom. The van der Waals surface area contributed by atoms with E-state index in [9.17, 15) is 0 Å². The fourth-order valence-corrected chi connectivity index (χ4v) is 3.56. The molecule has 0 aliphatic rings. The van der Waals surface area contributed by atoms with Crippen LogP contribution in [-0.2, 0) is 6.42 Å². The lowest BCUT2D eigenvalue weighted by Crippen LogP contribution is -2.22. The number of nitrogens with one attached hydrogen (secondary N) is 1. The van der Waals surface area contributed by atoms with E-state index in [4.69, 9.17) is 11.6 Å². The predicted molar refractivity (Wildman–Crippen MR) is 86.1 cm³/mol. The first-order valence-corrected chi connectivity index (χ1v) is 8.24.